The molecule has 2 unspecified atom stereocenters. The molecule has 0 bridgehead atoms. The van der Waals surface area contributed by atoms with Crippen molar-refractivity contribution in [1.29, 1.82) is 0 Å². The highest BCUT2D eigenvalue weighted by atomic mass is 16.2. The molecule has 1 fully saturated rings. The quantitative estimate of drug-likeness (QED) is 0.755. The fourth-order valence-electron chi connectivity index (χ4n) is 2.21. The molecule has 0 aromatic rings. The smallest absolute Gasteiger partial charge is 0.241 e. The molecule has 94 valence electrons. The number of rotatable bonds is 4. The Balaban J connectivity index is 2.62. The number of nitrogens with zero attached hydrogens (tertiary/aromatic N) is 2. The summed E-state index contributed by atoms with van der Waals surface area (Å²) in [7, 11) is 4.00. The van der Waals surface area contributed by atoms with Crippen LogP contribution in [0.4, 0.5) is 0 Å². The van der Waals surface area contributed by atoms with Crippen LogP contribution in [-0.2, 0) is 4.79 Å². The Morgan fingerprint density at radius 2 is 2.12 bits per heavy atom. The van der Waals surface area contributed by atoms with E-state index in [4.69, 9.17) is 0 Å². The van der Waals surface area contributed by atoms with Crippen LogP contribution in [0.5, 0.6) is 0 Å². The van der Waals surface area contributed by atoms with E-state index in [1.54, 1.807) is 0 Å². The van der Waals surface area contributed by atoms with Crippen LogP contribution in [0.2, 0.25) is 0 Å². The second-order valence-electron chi connectivity index (χ2n) is 5.52. The van der Waals surface area contributed by atoms with Gasteiger partial charge in [0.1, 0.15) is 0 Å². The number of likely N-dealkylation sites (N-methyl/N-ethyl adjacent to an activating group) is 1. The Hall–Kier alpha value is -0.610. The van der Waals surface area contributed by atoms with E-state index in [0.29, 0.717) is 12.0 Å². The summed E-state index contributed by atoms with van der Waals surface area (Å²) < 4.78 is 0. The van der Waals surface area contributed by atoms with Crippen molar-refractivity contribution >= 4 is 5.91 Å². The molecular weight excluding hydrogens is 202 g/mol. The van der Waals surface area contributed by atoms with Crippen molar-refractivity contribution in [3.05, 3.63) is 0 Å². The van der Waals surface area contributed by atoms with Gasteiger partial charge in [-0.15, -0.1) is 0 Å². The van der Waals surface area contributed by atoms with Crippen LogP contribution >= 0.6 is 0 Å². The van der Waals surface area contributed by atoms with Gasteiger partial charge in [-0.05, 0) is 26.9 Å². The third kappa shape index (κ3) is 3.76. The van der Waals surface area contributed by atoms with Crippen LogP contribution in [0.25, 0.3) is 0 Å². The summed E-state index contributed by atoms with van der Waals surface area (Å²) >= 11 is 0. The largest absolute Gasteiger partial charge is 0.339 e. The zero-order chi connectivity index (χ0) is 12.3. The van der Waals surface area contributed by atoms with E-state index in [0.717, 1.165) is 19.6 Å². The van der Waals surface area contributed by atoms with Crippen LogP contribution in [-0.4, -0.2) is 61.5 Å². The van der Waals surface area contributed by atoms with Crippen molar-refractivity contribution in [2.75, 3.05) is 33.7 Å². The standard InChI is InChI=1S/C12H25N3O/c1-9(2)6-15-7-10(3)13-11(12(15)16)8-14(4)5/h9-11,13H,6-8H2,1-5H3. The average Bonchev–Trinajstić information content (AvgIpc) is 2.11. The molecule has 0 spiro atoms. The van der Waals surface area contributed by atoms with Crippen molar-refractivity contribution in [3.63, 3.8) is 0 Å². The van der Waals surface area contributed by atoms with Gasteiger partial charge in [0.15, 0.2) is 0 Å². The highest BCUT2D eigenvalue weighted by molar-refractivity contribution is 5.83. The van der Waals surface area contributed by atoms with Gasteiger partial charge in [-0.25, -0.2) is 0 Å². The van der Waals surface area contributed by atoms with E-state index >= 15 is 0 Å². The van der Waals surface area contributed by atoms with Gasteiger partial charge >= 0.3 is 0 Å². The van der Waals surface area contributed by atoms with Gasteiger partial charge in [-0.1, -0.05) is 13.8 Å². The lowest BCUT2D eigenvalue weighted by Gasteiger charge is -2.38. The maximum Gasteiger partial charge on any atom is 0.241 e. The number of amides is 1. The van der Waals surface area contributed by atoms with Crippen LogP contribution in [0.3, 0.4) is 0 Å². The van der Waals surface area contributed by atoms with Crippen LogP contribution < -0.4 is 5.32 Å². The lowest BCUT2D eigenvalue weighted by molar-refractivity contribution is -0.137. The minimum absolute atomic E-state index is 0.0440. The molecule has 2 atom stereocenters. The molecule has 0 saturated carbocycles. The number of hydrogen-bond donors (Lipinski definition) is 1. The fraction of sp³-hybridized carbons (Fsp3) is 0.917. The van der Waals surface area contributed by atoms with Gasteiger partial charge in [-0.3, -0.25) is 4.79 Å². The summed E-state index contributed by atoms with van der Waals surface area (Å²) in [5.41, 5.74) is 0. The first-order valence-corrected chi connectivity index (χ1v) is 6.09. The molecule has 1 amide bonds. The number of carbonyl (C=O) groups is 1. The lowest BCUT2D eigenvalue weighted by Crippen LogP contribution is -2.62. The van der Waals surface area contributed by atoms with E-state index < -0.39 is 0 Å². The molecule has 0 aromatic carbocycles. The minimum atomic E-state index is -0.0440. The molecule has 0 aromatic heterocycles. The van der Waals surface area contributed by atoms with Gasteiger partial charge < -0.3 is 15.1 Å². The van der Waals surface area contributed by atoms with Crippen molar-refractivity contribution in [3.8, 4) is 0 Å². The van der Waals surface area contributed by atoms with Gasteiger partial charge in [0, 0.05) is 25.7 Å². The van der Waals surface area contributed by atoms with Gasteiger partial charge in [0.05, 0.1) is 6.04 Å². The van der Waals surface area contributed by atoms with E-state index in [1.807, 2.05) is 19.0 Å². The molecule has 1 aliphatic heterocycles. The Morgan fingerprint density at radius 3 is 2.62 bits per heavy atom. The lowest BCUT2D eigenvalue weighted by atomic mass is 10.1. The highest BCUT2D eigenvalue weighted by Crippen LogP contribution is 2.09. The van der Waals surface area contributed by atoms with Crippen molar-refractivity contribution in [2.24, 2.45) is 5.92 Å². The summed E-state index contributed by atoms with van der Waals surface area (Å²) in [6, 6.07) is 0.346. The Bertz CT molecular complexity index is 214. The Morgan fingerprint density at radius 1 is 1.50 bits per heavy atom. The SMILES string of the molecule is CC(C)CN1CC(C)NC(CN(C)C)C1=O. The number of piperazine rings is 1. The number of hydrogen-bond acceptors (Lipinski definition) is 3. The third-order valence-electron chi connectivity index (χ3n) is 2.72. The van der Waals surface area contributed by atoms with E-state index in [1.165, 1.54) is 0 Å². The van der Waals surface area contributed by atoms with Crippen LogP contribution in [0, 0.1) is 5.92 Å². The molecule has 0 aliphatic carbocycles. The maximum absolute atomic E-state index is 12.2. The van der Waals surface area contributed by atoms with Crippen LogP contribution in [0.1, 0.15) is 20.8 Å². The summed E-state index contributed by atoms with van der Waals surface area (Å²) in [4.78, 5) is 16.2. The number of carbonyl (C=O) groups excluding carboxylic acids is 1. The Labute approximate surface area is 99.0 Å². The zero-order valence-corrected chi connectivity index (χ0v) is 11.2. The third-order valence-corrected chi connectivity index (χ3v) is 2.72. The van der Waals surface area contributed by atoms with E-state index in [2.05, 4.69) is 31.0 Å². The Kier molecular flexibility index (Phi) is 4.74. The molecule has 1 heterocycles. The van der Waals surface area contributed by atoms with Gasteiger partial charge in [0.2, 0.25) is 5.91 Å². The first-order chi connectivity index (χ1) is 7.40. The molecule has 1 N–H and O–H groups in total. The summed E-state index contributed by atoms with van der Waals surface area (Å²) in [6.07, 6.45) is 0. The van der Waals surface area contributed by atoms with Crippen LogP contribution in [0.15, 0.2) is 0 Å². The van der Waals surface area contributed by atoms with Crippen molar-refractivity contribution < 1.29 is 4.79 Å². The predicted molar refractivity (Wildman–Crippen MR) is 66.4 cm³/mol. The maximum atomic E-state index is 12.2. The predicted octanol–water partition coefficient (Wildman–Crippen LogP) is 0.393. The summed E-state index contributed by atoms with van der Waals surface area (Å²) in [5, 5.41) is 3.37. The topological polar surface area (TPSA) is 35.6 Å². The second kappa shape index (κ2) is 5.64. The van der Waals surface area contributed by atoms with E-state index in [9.17, 15) is 4.79 Å². The second-order valence-corrected chi connectivity index (χ2v) is 5.52. The molecule has 4 heteroatoms. The first kappa shape index (κ1) is 13.5. The molecule has 1 rings (SSSR count). The molecule has 16 heavy (non-hydrogen) atoms. The molecule has 1 saturated heterocycles. The van der Waals surface area contributed by atoms with Gasteiger partial charge in [0.25, 0.3) is 0 Å². The average molecular weight is 227 g/mol. The molecular formula is C12H25N3O. The monoisotopic (exact) mass is 227 g/mol. The van der Waals surface area contributed by atoms with E-state index in [-0.39, 0.29) is 11.9 Å². The van der Waals surface area contributed by atoms with Gasteiger partial charge in [-0.2, -0.15) is 0 Å². The zero-order valence-electron chi connectivity index (χ0n) is 11.2. The molecule has 4 nitrogen and oxygen atoms in total. The van der Waals surface area contributed by atoms with Crippen molar-refractivity contribution in [1.82, 2.24) is 15.1 Å². The summed E-state index contributed by atoms with van der Waals surface area (Å²) in [6.45, 7) is 8.93. The molecule has 1 aliphatic rings. The highest BCUT2D eigenvalue weighted by Gasteiger charge is 2.31. The summed E-state index contributed by atoms with van der Waals surface area (Å²) in [5.74, 6) is 0.787. The first-order valence-electron chi connectivity index (χ1n) is 6.09. The normalized spacial score (nSPS) is 26.9. The minimum Gasteiger partial charge on any atom is -0.339 e. The van der Waals surface area contributed by atoms with Crippen molar-refractivity contribution in [2.45, 2.75) is 32.9 Å². The number of nitrogens with one attached hydrogen (secondary N) is 1. The molecule has 0 radical (unpaired) electrons. The fourth-order valence-corrected chi connectivity index (χ4v) is 2.21.